The van der Waals surface area contributed by atoms with Crippen LogP contribution in [0.25, 0.3) is 0 Å². The Balaban J connectivity index is 1.70. The van der Waals surface area contributed by atoms with E-state index >= 15 is 0 Å². The molecule has 0 bridgehead atoms. The average Bonchev–Trinajstić information content (AvgIpc) is 2.82. The number of hydrogen-bond acceptors (Lipinski definition) is 3. The smallest absolute Gasteiger partial charge is 0.132 e. The topological polar surface area (TPSA) is 47.3 Å². The number of benzene rings is 1. The molecule has 0 radical (unpaired) electrons. The summed E-state index contributed by atoms with van der Waals surface area (Å²) in [5.41, 5.74) is 1.78. The quantitative estimate of drug-likeness (QED) is 0.901. The zero-order chi connectivity index (χ0) is 12.4. The van der Waals surface area contributed by atoms with Crippen molar-refractivity contribution in [3.8, 4) is 5.75 Å². The normalized spacial score (nSPS) is 18.4. The van der Waals surface area contributed by atoms with Gasteiger partial charge in [0.25, 0.3) is 0 Å². The van der Waals surface area contributed by atoms with Crippen LogP contribution in [0.4, 0.5) is 0 Å². The zero-order valence-corrected chi connectivity index (χ0v) is 10.1. The van der Waals surface area contributed by atoms with E-state index in [0.717, 1.165) is 36.5 Å². The molecule has 0 aliphatic carbocycles. The second kappa shape index (κ2) is 4.82. The molecule has 94 valence electrons. The van der Waals surface area contributed by atoms with Crippen molar-refractivity contribution in [1.29, 1.82) is 0 Å². The lowest BCUT2D eigenvalue weighted by Crippen LogP contribution is -2.15. The van der Waals surface area contributed by atoms with Gasteiger partial charge in [0.15, 0.2) is 0 Å². The van der Waals surface area contributed by atoms with Crippen molar-refractivity contribution in [2.45, 2.75) is 32.1 Å². The van der Waals surface area contributed by atoms with Crippen molar-refractivity contribution in [3.63, 3.8) is 0 Å². The van der Waals surface area contributed by atoms with Crippen LogP contribution in [0.3, 0.4) is 0 Å². The predicted octanol–water partition coefficient (Wildman–Crippen LogP) is 2.29. The molecule has 1 atom stereocenters. The molecule has 1 aromatic carbocycles. The molecule has 0 spiro atoms. The van der Waals surface area contributed by atoms with Crippen LogP contribution in [0, 0.1) is 0 Å². The first-order valence-electron chi connectivity index (χ1n) is 6.25. The molecule has 4 nitrogen and oxygen atoms in total. The van der Waals surface area contributed by atoms with E-state index in [4.69, 9.17) is 4.74 Å². The van der Waals surface area contributed by atoms with E-state index in [1.54, 1.807) is 0 Å². The van der Waals surface area contributed by atoms with Crippen LogP contribution in [0.5, 0.6) is 5.75 Å². The lowest BCUT2D eigenvalue weighted by Gasteiger charge is -2.18. The first-order valence-corrected chi connectivity index (χ1v) is 6.25. The SMILES string of the molecule is OC1CCCn2nc(COc3ccccc3)cc21. The summed E-state index contributed by atoms with van der Waals surface area (Å²) < 4.78 is 7.53. The minimum atomic E-state index is -0.378. The van der Waals surface area contributed by atoms with Crippen molar-refractivity contribution in [2.75, 3.05) is 0 Å². The van der Waals surface area contributed by atoms with Gasteiger partial charge in [0.1, 0.15) is 18.1 Å². The minimum absolute atomic E-state index is 0.378. The fourth-order valence-corrected chi connectivity index (χ4v) is 2.26. The molecule has 18 heavy (non-hydrogen) atoms. The van der Waals surface area contributed by atoms with Crippen molar-refractivity contribution < 1.29 is 9.84 Å². The Kier molecular flexibility index (Phi) is 3.02. The third-order valence-electron chi connectivity index (χ3n) is 3.18. The molecule has 0 saturated carbocycles. The van der Waals surface area contributed by atoms with Crippen LogP contribution in [0.15, 0.2) is 36.4 Å². The van der Waals surface area contributed by atoms with Crippen LogP contribution in [-0.2, 0) is 13.2 Å². The van der Waals surface area contributed by atoms with Gasteiger partial charge in [-0.1, -0.05) is 18.2 Å². The van der Waals surface area contributed by atoms with Gasteiger partial charge >= 0.3 is 0 Å². The molecule has 1 unspecified atom stereocenters. The van der Waals surface area contributed by atoms with Gasteiger partial charge in [-0.25, -0.2) is 0 Å². The van der Waals surface area contributed by atoms with E-state index in [2.05, 4.69) is 5.10 Å². The highest BCUT2D eigenvalue weighted by atomic mass is 16.5. The van der Waals surface area contributed by atoms with Gasteiger partial charge in [-0.3, -0.25) is 4.68 Å². The fraction of sp³-hybridized carbons (Fsp3) is 0.357. The molecule has 0 saturated heterocycles. The van der Waals surface area contributed by atoms with Crippen molar-refractivity contribution in [3.05, 3.63) is 47.8 Å². The monoisotopic (exact) mass is 244 g/mol. The molecule has 3 rings (SSSR count). The molecule has 2 aromatic rings. The summed E-state index contributed by atoms with van der Waals surface area (Å²) in [7, 11) is 0. The second-order valence-electron chi connectivity index (χ2n) is 4.54. The van der Waals surface area contributed by atoms with E-state index in [1.807, 2.05) is 41.1 Å². The number of aryl methyl sites for hydroxylation is 1. The van der Waals surface area contributed by atoms with Crippen molar-refractivity contribution in [2.24, 2.45) is 0 Å². The summed E-state index contributed by atoms with van der Waals surface area (Å²) in [6.07, 6.45) is 1.43. The minimum Gasteiger partial charge on any atom is -0.487 e. The van der Waals surface area contributed by atoms with Crippen LogP contribution in [0.1, 0.15) is 30.3 Å². The van der Waals surface area contributed by atoms with E-state index in [-0.39, 0.29) is 6.10 Å². The molecular formula is C14H16N2O2. The van der Waals surface area contributed by atoms with Crippen LogP contribution < -0.4 is 4.74 Å². The Bertz CT molecular complexity index is 522. The summed E-state index contributed by atoms with van der Waals surface area (Å²) in [4.78, 5) is 0. The first-order chi connectivity index (χ1) is 8.83. The maximum atomic E-state index is 9.86. The third kappa shape index (κ3) is 2.24. The van der Waals surface area contributed by atoms with Gasteiger partial charge in [0.2, 0.25) is 0 Å². The molecule has 1 aromatic heterocycles. The number of aliphatic hydroxyl groups excluding tert-OH is 1. The van der Waals surface area contributed by atoms with Crippen molar-refractivity contribution >= 4 is 0 Å². The highest BCUT2D eigenvalue weighted by Gasteiger charge is 2.20. The number of rotatable bonds is 3. The van der Waals surface area contributed by atoms with Gasteiger partial charge in [-0.2, -0.15) is 5.10 Å². The molecule has 0 fully saturated rings. The highest BCUT2D eigenvalue weighted by molar-refractivity contribution is 5.22. The lowest BCUT2D eigenvalue weighted by molar-refractivity contribution is 0.135. The Morgan fingerprint density at radius 2 is 2.17 bits per heavy atom. The van der Waals surface area contributed by atoms with Crippen molar-refractivity contribution in [1.82, 2.24) is 9.78 Å². The number of nitrogens with zero attached hydrogens (tertiary/aromatic N) is 2. The molecule has 1 aliphatic rings. The number of aromatic nitrogens is 2. The van der Waals surface area contributed by atoms with Crippen LogP contribution in [0.2, 0.25) is 0 Å². The van der Waals surface area contributed by atoms with E-state index in [1.165, 1.54) is 0 Å². The highest BCUT2D eigenvalue weighted by Crippen LogP contribution is 2.25. The Morgan fingerprint density at radius 3 is 2.94 bits per heavy atom. The number of para-hydroxylation sites is 1. The Hall–Kier alpha value is -1.81. The molecule has 1 N–H and O–H groups in total. The summed E-state index contributed by atoms with van der Waals surface area (Å²) in [5, 5.41) is 14.3. The van der Waals surface area contributed by atoms with Gasteiger partial charge < -0.3 is 9.84 Å². The standard InChI is InChI=1S/C14H16N2O2/c17-14-7-4-8-16-13(14)9-11(15-16)10-18-12-5-2-1-3-6-12/h1-3,5-6,9,14,17H,4,7-8,10H2. The maximum absolute atomic E-state index is 9.86. The zero-order valence-electron chi connectivity index (χ0n) is 10.1. The molecule has 2 heterocycles. The maximum Gasteiger partial charge on any atom is 0.132 e. The number of ether oxygens (including phenoxy) is 1. The molecule has 1 aliphatic heterocycles. The number of fused-ring (bicyclic) bond motifs is 1. The average molecular weight is 244 g/mol. The van der Waals surface area contributed by atoms with Gasteiger partial charge in [-0.05, 0) is 31.0 Å². The first kappa shape index (κ1) is 11.3. The van der Waals surface area contributed by atoms with Crippen LogP contribution >= 0.6 is 0 Å². The van der Waals surface area contributed by atoms with Gasteiger partial charge in [0, 0.05) is 6.54 Å². The summed E-state index contributed by atoms with van der Waals surface area (Å²) in [5.74, 6) is 0.837. The Morgan fingerprint density at radius 1 is 1.33 bits per heavy atom. The molecular weight excluding hydrogens is 228 g/mol. The van der Waals surface area contributed by atoms with E-state index in [0.29, 0.717) is 6.61 Å². The summed E-state index contributed by atoms with van der Waals surface area (Å²) in [6.45, 7) is 1.33. The summed E-state index contributed by atoms with van der Waals surface area (Å²) in [6, 6.07) is 11.6. The predicted molar refractivity (Wildman–Crippen MR) is 67.2 cm³/mol. The number of hydrogen-bond donors (Lipinski definition) is 1. The van der Waals surface area contributed by atoms with Crippen LogP contribution in [-0.4, -0.2) is 14.9 Å². The van der Waals surface area contributed by atoms with Gasteiger partial charge in [0.05, 0.1) is 11.8 Å². The fourth-order valence-electron chi connectivity index (χ4n) is 2.26. The second-order valence-corrected chi connectivity index (χ2v) is 4.54. The van der Waals surface area contributed by atoms with Gasteiger partial charge in [-0.15, -0.1) is 0 Å². The molecule has 4 heteroatoms. The van der Waals surface area contributed by atoms with E-state index in [9.17, 15) is 5.11 Å². The largest absolute Gasteiger partial charge is 0.487 e. The third-order valence-corrected chi connectivity index (χ3v) is 3.18. The molecule has 0 amide bonds. The van der Waals surface area contributed by atoms with E-state index < -0.39 is 0 Å². The Labute approximate surface area is 106 Å². The summed E-state index contributed by atoms with van der Waals surface area (Å²) >= 11 is 0. The number of aliphatic hydroxyl groups is 1. The lowest BCUT2D eigenvalue weighted by atomic mass is 10.1.